The number of benzene rings is 1. The van der Waals surface area contributed by atoms with E-state index < -0.39 is 0 Å². The zero-order chi connectivity index (χ0) is 14.2. The Kier molecular flexibility index (Phi) is 6.06. The van der Waals surface area contributed by atoms with Gasteiger partial charge in [0.05, 0.1) is 0 Å². The molecule has 20 heavy (non-hydrogen) atoms. The fourth-order valence-corrected chi connectivity index (χ4v) is 3.00. The largest absolute Gasteiger partial charge is 0.352 e. The number of nitrogens with two attached hydrogens (primary N) is 1. The second-order valence-electron chi connectivity index (χ2n) is 5.79. The molecule has 3 nitrogen and oxygen atoms in total. The van der Waals surface area contributed by atoms with Gasteiger partial charge in [0, 0.05) is 12.1 Å². The van der Waals surface area contributed by atoms with Gasteiger partial charge in [-0.05, 0) is 43.0 Å². The maximum absolute atomic E-state index is 12.1. The normalized spacial score (nSPS) is 16.1. The molecule has 0 spiro atoms. The second-order valence-corrected chi connectivity index (χ2v) is 5.79. The van der Waals surface area contributed by atoms with E-state index >= 15 is 0 Å². The summed E-state index contributed by atoms with van der Waals surface area (Å²) in [5, 5.41) is 3.05. The van der Waals surface area contributed by atoms with Crippen molar-refractivity contribution in [3.8, 4) is 0 Å². The number of amides is 1. The van der Waals surface area contributed by atoms with Crippen molar-refractivity contribution in [3.63, 3.8) is 0 Å². The van der Waals surface area contributed by atoms with Gasteiger partial charge in [0.1, 0.15) is 0 Å². The predicted octanol–water partition coefficient (Wildman–Crippen LogP) is 2.89. The average molecular weight is 274 g/mol. The molecule has 2 rings (SSSR count). The van der Waals surface area contributed by atoms with Crippen LogP contribution < -0.4 is 11.1 Å². The Bertz CT molecular complexity index is 425. The van der Waals surface area contributed by atoms with Crippen LogP contribution in [-0.4, -0.2) is 19.0 Å². The molecule has 1 aromatic carbocycles. The van der Waals surface area contributed by atoms with Crippen molar-refractivity contribution >= 4 is 5.91 Å². The van der Waals surface area contributed by atoms with Crippen LogP contribution in [0.5, 0.6) is 0 Å². The highest BCUT2D eigenvalue weighted by Gasteiger charge is 2.13. The topological polar surface area (TPSA) is 55.1 Å². The third kappa shape index (κ3) is 4.64. The molecule has 1 aliphatic rings. The summed E-state index contributed by atoms with van der Waals surface area (Å²) < 4.78 is 0. The van der Waals surface area contributed by atoms with Gasteiger partial charge in [0.2, 0.25) is 0 Å². The number of hydrogen-bond acceptors (Lipinski definition) is 2. The smallest absolute Gasteiger partial charge is 0.251 e. The van der Waals surface area contributed by atoms with Crippen LogP contribution in [0.3, 0.4) is 0 Å². The van der Waals surface area contributed by atoms with E-state index in [4.69, 9.17) is 5.73 Å². The molecule has 0 aromatic heterocycles. The quantitative estimate of drug-likeness (QED) is 0.838. The fourth-order valence-electron chi connectivity index (χ4n) is 3.00. The zero-order valence-electron chi connectivity index (χ0n) is 12.2. The first-order valence-corrected chi connectivity index (χ1v) is 7.87. The SMILES string of the molecule is NCCc1cccc(C(=O)NCCC2CCCCC2)c1. The second kappa shape index (κ2) is 8.05. The minimum atomic E-state index is 0.0414. The maximum atomic E-state index is 12.1. The first kappa shape index (κ1) is 15.0. The Morgan fingerprint density at radius 3 is 2.80 bits per heavy atom. The molecule has 1 fully saturated rings. The molecule has 110 valence electrons. The lowest BCUT2D eigenvalue weighted by molar-refractivity contribution is 0.0950. The Labute approximate surface area is 121 Å². The minimum Gasteiger partial charge on any atom is -0.352 e. The van der Waals surface area contributed by atoms with E-state index in [1.165, 1.54) is 32.1 Å². The van der Waals surface area contributed by atoms with E-state index in [1.54, 1.807) is 0 Å². The number of carbonyl (C=O) groups is 1. The van der Waals surface area contributed by atoms with E-state index in [0.29, 0.717) is 6.54 Å². The zero-order valence-corrected chi connectivity index (χ0v) is 12.2. The molecule has 0 atom stereocenters. The van der Waals surface area contributed by atoms with E-state index in [2.05, 4.69) is 5.32 Å². The molecule has 1 aromatic rings. The lowest BCUT2D eigenvalue weighted by atomic mass is 9.87. The number of hydrogen-bond donors (Lipinski definition) is 2. The summed E-state index contributed by atoms with van der Waals surface area (Å²) in [6.07, 6.45) is 8.72. The van der Waals surface area contributed by atoms with Crippen molar-refractivity contribution < 1.29 is 4.79 Å². The van der Waals surface area contributed by atoms with E-state index in [0.717, 1.165) is 36.4 Å². The van der Waals surface area contributed by atoms with E-state index in [1.807, 2.05) is 24.3 Å². The van der Waals surface area contributed by atoms with Gasteiger partial charge >= 0.3 is 0 Å². The molecule has 1 saturated carbocycles. The van der Waals surface area contributed by atoms with Gasteiger partial charge in [-0.1, -0.05) is 44.2 Å². The maximum Gasteiger partial charge on any atom is 0.251 e. The third-order valence-corrected chi connectivity index (χ3v) is 4.19. The summed E-state index contributed by atoms with van der Waals surface area (Å²) >= 11 is 0. The lowest BCUT2D eigenvalue weighted by Crippen LogP contribution is -2.26. The molecular formula is C17H26N2O. The molecule has 0 saturated heterocycles. The molecule has 0 unspecified atom stereocenters. The average Bonchev–Trinajstić information content (AvgIpc) is 2.49. The van der Waals surface area contributed by atoms with Gasteiger partial charge < -0.3 is 11.1 Å². The number of rotatable bonds is 6. The Morgan fingerprint density at radius 1 is 1.25 bits per heavy atom. The highest BCUT2D eigenvalue weighted by Crippen LogP contribution is 2.25. The fraction of sp³-hybridized carbons (Fsp3) is 0.588. The Hall–Kier alpha value is -1.35. The van der Waals surface area contributed by atoms with E-state index in [9.17, 15) is 4.79 Å². The van der Waals surface area contributed by atoms with Gasteiger partial charge in [0.15, 0.2) is 0 Å². The summed E-state index contributed by atoms with van der Waals surface area (Å²) in [6, 6.07) is 7.77. The van der Waals surface area contributed by atoms with Crippen LogP contribution in [0.2, 0.25) is 0 Å². The molecular weight excluding hydrogens is 248 g/mol. The van der Waals surface area contributed by atoms with Gasteiger partial charge in [-0.2, -0.15) is 0 Å². The first-order valence-electron chi connectivity index (χ1n) is 7.87. The standard InChI is InChI=1S/C17H26N2O/c18-11-9-15-7-4-8-16(13-15)17(20)19-12-10-14-5-2-1-3-6-14/h4,7-8,13-14H,1-3,5-6,9-12,18H2,(H,19,20). The summed E-state index contributed by atoms with van der Waals surface area (Å²) in [6.45, 7) is 1.41. The summed E-state index contributed by atoms with van der Waals surface area (Å²) in [4.78, 5) is 12.1. The van der Waals surface area contributed by atoms with Crippen LogP contribution in [0.25, 0.3) is 0 Å². The Morgan fingerprint density at radius 2 is 2.05 bits per heavy atom. The van der Waals surface area contributed by atoms with Crippen LogP contribution in [-0.2, 0) is 6.42 Å². The molecule has 1 aliphatic carbocycles. The van der Waals surface area contributed by atoms with E-state index in [-0.39, 0.29) is 5.91 Å². The van der Waals surface area contributed by atoms with Crippen LogP contribution in [0.4, 0.5) is 0 Å². The summed E-state index contributed by atoms with van der Waals surface area (Å²) in [5.41, 5.74) is 7.43. The third-order valence-electron chi connectivity index (χ3n) is 4.19. The van der Waals surface area contributed by atoms with Gasteiger partial charge in [0.25, 0.3) is 5.91 Å². The van der Waals surface area contributed by atoms with Crippen LogP contribution >= 0.6 is 0 Å². The lowest BCUT2D eigenvalue weighted by Gasteiger charge is -2.21. The van der Waals surface area contributed by atoms with Crippen molar-refractivity contribution in [1.82, 2.24) is 5.32 Å². The van der Waals surface area contributed by atoms with Gasteiger partial charge in [-0.3, -0.25) is 4.79 Å². The molecule has 0 heterocycles. The van der Waals surface area contributed by atoms with Crippen LogP contribution in [0, 0.1) is 5.92 Å². The van der Waals surface area contributed by atoms with Crippen molar-refractivity contribution in [2.75, 3.05) is 13.1 Å². The highest BCUT2D eigenvalue weighted by atomic mass is 16.1. The van der Waals surface area contributed by atoms with Crippen molar-refractivity contribution in [1.29, 1.82) is 0 Å². The van der Waals surface area contributed by atoms with Gasteiger partial charge in [-0.15, -0.1) is 0 Å². The summed E-state index contributed by atoms with van der Waals surface area (Å²) in [7, 11) is 0. The molecule has 1 amide bonds. The summed E-state index contributed by atoms with van der Waals surface area (Å²) in [5.74, 6) is 0.854. The van der Waals surface area contributed by atoms with Crippen molar-refractivity contribution in [2.24, 2.45) is 11.7 Å². The van der Waals surface area contributed by atoms with Crippen LogP contribution in [0.15, 0.2) is 24.3 Å². The highest BCUT2D eigenvalue weighted by molar-refractivity contribution is 5.94. The number of nitrogens with one attached hydrogen (secondary N) is 1. The molecule has 0 radical (unpaired) electrons. The molecule has 0 bridgehead atoms. The molecule has 3 heteroatoms. The van der Waals surface area contributed by atoms with Gasteiger partial charge in [-0.25, -0.2) is 0 Å². The molecule has 3 N–H and O–H groups in total. The monoisotopic (exact) mass is 274 g/mol. The van der Waals surface area contributed by atoms with Crippen molar-refractivity contribution in [2.45, 2.75) is 44.9 Å². The predicted molar refractivity (Wildman–Crippen MR) is 82.7 cm³/mol. The number of carbonyl (C=O) groups excluding carboxylic acids is 1. The minimum absolute atomic E-state index is 0.0414. The van der Waals surface area contributed by atoms with Crippen molar-refractivity contribution in [3.05, 3.63) is 35.4 Å². The van der Waals surface area contributed by atoms with Crippen LogP contribution in [0.1, 0.15) is 54.4 Å². The first-order chi connectivity index (χ1) is 9.79. The molecule has 0 aliphatic heterocycles. The Balaban J connectivity index is 1.77.